The van der Waals surface area contributed by atoms with Crippen molar-refractivity contribution in [2.24, 2.45) is 0 Å². The number of hydrogen-bond donors (Lipinski definition) is 0. The molecule has 0 aliphatic carbocycles. The van der Waals surface area contributed by atoms with Gasteiger partial charge in [0, 0.05) is 5.56 Å². The number of benzene rings is 1. The highest BCUT2D eigenvalue weighted by atomic mass is 35.5. The van der Waals surface area contributed by atoms with Crippen molar-refractivity contribution in [2.75, 3.05) is 6.61 Å². The summed E-state index contributed by atoms with van der Waals surface area (Å²) in [5.41, 5.74) is 0.538. The molecule has 0 bridgehead atoms. The Morgan fingerprint density at radius 3 is 2.53 bits per heavy atom. The number of ketones is 1. The van der Waals surface area contributed by atoms with Gasteiger partial charge >= 0.3 is 0 Å². The second-order valence-corrected chi connectivity index (χ2v) is 3.64. The van der Waals surface area contributed by atoms with Gasteiger partial charge in [0.25, 0.3) is 0 Å². The monoisotopic (exact) mass is 226 g/mol. The SMILES string of the molecule is CC(Cl)C(=O)c1ccc(OCC=O)cc1. The fourth-order valence-corrected chi connectivity index (χ4v) is 1.20. The molecule has 4 heteroatoms. The second kappa shape index (κ2) is 5.51. The summed E-state index contributed by atoms with van der Waals surface area (Å²) < 4.78 is 5.04. The van der Waals surface area contributed by atoms with Gasteiger partial charge in [-0.2, -0.15) is 0 Å². The van der Waals surface area contributed by atoms with Gasteiger partial charge in [0.05, 0.1) is 5.38 Å². The highest BCUT2D eigenvalue weighted by Gasteiger charge is 2.11. The number of Topliss-reactive ketones (excluding diaryl/α,β-unsaturated/α-hetero) is 1. The first-order chi connectivity index (χ1) is 7.15. The normalized spacial score (nSPS) is 11.9. The molecule has 80 valence electrons. The molecule has 0 aliphatic rings. The van der Waals surface area contributed by atoms with Crippen molar-refractivity contribution in [1.29, 1.82) is 0 Å². The van der Waals surface area contributed by atoms with Gasteiger partial charge in [0.15, 0.2) is 12.1 Å². The third kappa shape index (κ3) is 3.36. The Morgan fingerprint density at radius 2 is 2.07 bits per heavy atom. The summed E-state index contributed by atoms with van der Waals surface area (Å²) >= 11 is 5.66. The predicted octanol–water partition coefficient (Wildman–Crippen LogP) is 2.07. The molecule has 0 fully saturated rings. The zero-order chi connectivity index (χ0) is 11.3. The highest BCUT2D eigenvalue weighted by molar-refractivity contribution is 6.33. The van der Waals surface area contributed by atoms with Crippen LogP contribution in [0.4, 0.5) is 0 Å². The maximum absolute atomic E-state index is 11.4. The molecule has 0 N–H and O–H groups in total. The van der Waals surface area contributed by atoms with Crippen molar-refractivity contribution in [1.82, 2.24) is 0 Å². The molecule has 0 saturated heterocycles. The standard InChI is InChI=1S/C11H11ClO3/c1-8(12)11(14)9-2-4-10(5-3-9)15-7-6-13/h2-6,8H,7H2,1H3. The van der Waals surface area contributed by atoms with Crippen molar-refractivity contribution in [3.05, 3.63) is 29.8 Å². The van der Waals surface area contributed by atoms with E-state index in [2.05, 4.69) is 0 Å². The van der Waals surface area contributed by atoms with E-state index in [4.69, 9.17) is 16.3 Å². The molecule has 0 radical (unpaired) electrons. The van der Waals surface area contributed by atoms with Gasteiger partial charge in [-0.25, -0.2) is 0 Å². The number of hydrogen-bond acceptors (Lipinski definition) is 3. The Morgan fingerprint density at radius 1 is 1.47 bits per heavy atom. The fraction of sp³-hybridized carbons (Fsp3) is 0.273. The van der Waals surface area contributed by atoms with Crippen LogP contribution in [0.25, 0.3) is 0 Å². The van der Waals surface area contributed by atoms with Crippen LogP contribution in [-0.2, 0) is 4.79 Å². The molecule has 0 spiro atoms. The summed E-state index contributed by atoms with van der Waals surface area (Å²) in [4.78, 5) is 21.5. The number of rotatable bonds is 5. The van der Waals surface area contributed by atoms with Crippen LogP contribution >= 0.6 is 11.6 Å². The molecule has 0 amide bonds. The van der Waals surface area contributed by atoms with E-state index in [1.165, 1.54) is 0 Å². The largest absolute Gasteiger partial charge is 0.486 e. The number of halogens is 1. The van der Waals surface area contributed by atoms with Crippen LogP contribution in [-0.4, -0.2) is 24.1 Å². The zero-order valence-corrected chi connectivity index (χ0v) is 9.03. The zero-order valence-electron chi connectivity index (χ0n) is 8.27. The summed E-state index contributed by atoms with van der Waals surface area (Å²) in [5.74, 6) is 0.430. The third-order valence-electron chi connectivity index (χ3n) is 1.82. The Balaban J connectivity index is 2.71. The minimum Gasteiger partial charge on any atom is -0.486 e. The van der Waals surface area contributed by atoms with Crippen molar-refractivity contribution in [3.63, 3.8) is 0 Å². The highest BCUT2D eigenvalue weighted by Crippen LogP contribution is 2.14. The van der Waals surface area contributed by atoms with E-state index < -0.39 is 5.38 Å². The quantitative estimate of drug-likeness (QED) is 0.439. The Bertz CT molecular complexity index is 343. The lowest BCUT2D eigenvalue weighted by Gasteiger charge is -2.04. The molecule has 0 aliphatic heterocycles. The molecule has 0 saturated carbocycles. The number of carbonyl (C=O) groups is 2. The maximum atomic E-state index is 11.4. The van der Waals surface area contributed by atoms with Gasteiger partial charge in [-0.05, 0) is 31.2 Å². The summed E-state index contributed by atoms with van der Waals surface area (Å²) in [5, 5.41) is -0.535. The van der Waals surface area contributed by atoms with Crippen LogP contribution in [0.3, 0.4) is 0 Å². The lowest BCUT2D eigenvalue weighted by molar-refractivity contribution is -0.109. The number of alkyl halides is 1. The molecular weight excluding hydrogens is 216 g/mol. The van der Waals surface area contributed by atoms with E-state index in [0.717, 1.165) is 0 Å². The number of ether oxygens (including phenoxy) is 1. The van der Waals surface area contributed by atoms with Gasteiger partial charge in [-0.3, -0.25) is 9.59 Å². The first-order valence-corrected chi connectivity index (χ1v) is 4.93. The molecule has 1 aromatic rings. The van der Waals surface area contributed by atoms with E-state index in [0.29, 0.717) is 17.6 Å². The fourth-order valence-electron chi connectivity index (χ4n) is 1.08. The van der Waals surface area contributed by atoms with Crippen LogP contribution in [0, 0.1) is 0 Å². The van der Waals surface area contributed by atoms with Gasteiger partial charge in [0.2, 0.25) is 0 Å². The van der Waals surface area contributed by atoms with Crippen molar-refractivity contribution in [3.8, 4) is 5.75 Å². The Hall–Kier alpha value is -1.35. The first kappa shape index (κ1) is 11.7. The molecule has 1 aromatic carbocycles. The predicted molar refractivity (Wildman–Crippen MR) is 57.6 cm³/mol. The topological polar surface area (TPSA) is 43.4 Å². The van der Waals surface area contributed by atoms with E-state index in [-0.39, 0.29) is 12.4 Å². The lowest BCUT2D eigenvalue weighted by atomic mass is 10.1. The summed E-state index contributed by atoms with van der Waals surface area (Å²) in [6, 6.07) is 6.52. The van der Waals surface area contributed by atoms with Crippen molar-refractivity contribution >= 4 is 23.7 Å². The van der Waals surface area contributed by atoms with Gasteiger partial charge in [-0.15, -0.1) is 11.6 Å². The van der Waals surface area contributed by atoms with Crippen LogP contribution in [0.2, 0.25) is 0 Å². The van der Waals surface area contributed by atoms with Crippen LogP contribution < -0.4 is 4.74 Å². The molecule has 0 aromatic heterocycles. The second-order valence-electron chi connectivity index (χ2n) is 2.98. The summed E-state index contributed by atoms with van der Waals surface area (Å²) in [6.07, 6.45) is 0.667. The molecule has 1 atom stereocenters. The van der Waals surface area contributed by atoms with Crippen LogP contribution in [0.1, 0.15) is 17.3 Å². The average Bonchev–Trinajstić information content (AvgIpc) is 2.26. The Labute approximate surface area is 93.0 Å². The molecule has 1 unspecified atom stereocenters. The van der Waals surface area contributed by atoms with Crippen LogP contribution in [0.5, 0.6) is 5.75 Å². The van der Waals surface area contributed by atoms with Crippen LogP contribution in [0.15, 0.2) is 24.3 Å². The van der Waals surface area contributed by atoms with Crippen molar-refractivity contribution < 1.29 is 14.3 Å². The Kier molecular flexibility index (Phi) is 4.31. The average molecular weight is 227 g/mol. The smallest absolute Gasteiger partial charge is 0.180 e. The first-order valence-electron chi connectivity index (χ1n) is 4.50. The molecule has 3 nitrogen and oxygen atoms in total. The number of aldehydes is 1. The van der Waals surface area contributed by atoms with Gasteiger partial charge in [-0.1, -0.05) is 0 Å². The molecule has 15 heavy (non-hydrogen) atoms. The van der Waals surface area contributed by atoms with Gasteiger partial charge < -0.3 is 4.74 Å². The molecular formula is C11H11ClO3. The van der Waals surface area contributed by atoms with E-state index >= 15 is 0 Å². The van der Waals surface area contributed by atoms with E-state index in [1.807, 2.05) is 0 Å². The number of carbonyl (C=O) groups excluding carboxylic acids is 2. The van der Waals surface area contributed by atoms with Crippen molar-refractivity contribution in [2.45, 2.75) is 12.3 Å². The molecule has 1 rings (SSSR count). The summed E-state index contributed by atoms with van der Waals surface area (Å²) in [6.45, 7) is 1.64. The third-order valence-corrected chi connectivity index (χ3v) is 2.02. The minimum absolute atomic E-state index is 0.0131. The minimum atomic E-state index is -0.535. The van der Waals surface area contributed by atoms with E-state index in [1.54, 1.807) is 31.2 Å². The van der Waals surface area contributed by atoms with Gasteiger partial charge in [0.1, 0.15) is 12.4 Å². The lowest BCUT2D eigenvalue weighted by Crippen LogP contribution is -2.10. The maximum Gasteiger partial charge on any atom is 0.180 e. The molecule has 0 heterocycles. The van der Waals surface area contributed by atoms with E-state index in [9.17, 15) is 9.59 Å². The summed E-state index contributed by atoms with van der Waals surface area (Å²) in [7, 11) is 0.